The number of allylic oxidation sites excluding steroid dienone is 1. The van der Waals surface area contributed by atoms with Crippen LogP contribution in [0.4, 0.5) is 0 Å². The van der Waals surface area contributed by atoms with Gasteiger partial charge in [0.2, 0.25) is 0 Å². The maximum absolute atomic E-state index is 12.5. The van der Waals surface area contributed by atoms with Gasteiger partial charge >= 0.3 is 0 Å². The van der Waals surface area contributed by atoms with Gasteiger partial charge in [0.05, 0.1) is 5.92 Å². The van der Waals surface area contributed by atoms with Crippen LogP contribution in [0.3, 0.4) is 0 Å². The highest BCUT2D eigenvalue weighted by atomic mass is 16.3. The Morgan fingerprint density at radius 1 is 1.00 bits per heavy atom. The van der Waals surface area contributed by atoms with E-state index in [4.69, 9.17) is 0 Å². The second-order valence-corrected chi connectivity index (χ2v) is 5.80. The van der Waals surface area contributed by atoms with Crippen LogP contribution in [0.15, 0.2) is 66.7 Å². The number of hydrogen-bond donors (Lipinski definition) is 1. The quantitative estimate of drug-likeness (QED) is 0.926. The molecule has 0 amide bonds. The smallest absolute Gasteiger partial charge is 0.162 e. The zero-order valence-electron chi connectivity index (χ0n) is 12.7. The minimum atomic E-state index is -1.24. The van der Waals surface area contributed by atoms with Gasteiger partial charge in [0.25, 0.3) is 0 Å². The summed E-state index contributed by atoms with van der Waals surface area (Å²) in [6, 6.07) is 19.2. The second kappa shape index (κ2) is 5.90. The minimum Gasteiger partial charge on any atom is -0.380 e. The highest BCUT2D eigenvalue weighted by Gasteiger charge is 2.49. The number of ketones is 1. The fraction of sp³-hybridized carbons (Fsp3) is 0.250. The molecule has 0 unspecified atom stereocenters. The lowest BCUT2D eigenvalue weighted by Gasteiger charge is -2.33. The van der Waals surface area contributed by atoms with Crippen molar-refractivity contribution in [2.24, 2.45) is 5.92 Å². The van der Waals surface area contributed by atoms with Gasteiger partial charge in [-0.15, -0.1) is 0 Å². The van der Waals surface area contributed by atoms with Crippen LogP contribution in [-0.4, -0.2) is 10.9 Å². The molecular formula is C20H20O2. The highest BCUT2D eigenvalue weighted by Crippen LogP contribution is 2.48. The van der Waals surface area contributed by atoms with Crippen LogP contribution in [0.1, 0.15) is 30.9 Å². The predicted molar refractivity (Wildman–Crippen MR) is 88.2 cm³/mol. The molecule has 0 spiro atoms. The molecule has 3 rings (SSSR count). The summed E-state index contributed by atoms with van der Waals surface area (Å²) < 4.78 is 0. The van der Waals surface area contributed by atoms with E-state index in [9.17, 15) is 9.90 Å². The van der Waals surface area contributed by atoms with Gasteiger partial charge in [0.1, 0.15) is 5.60 Å². The lowest BCUT2D eigenvalue weighted by atomic mass is 9.75. The molecule has 0 fully saturated rings. The van der Waals surface area contributed by atoms with Crippen molar-refractivity contribution < 1.29 is 9.90 Å². The first kappa shape index (κ1) is 14.7. The van der Waals surface area contributed by atoms with Crippen molar-refractivity contribution in [3.05, 3.63) is 77.9 Å². The minimum absolute atomic E-state index is 0.0204. The molecule has 0 saturated heterocycles. The molecule has 0 heterocycles. The van der Waals surface area contributed by atoms with Gasteiger partial charge in [0, 0.05) is 0 Å². The molecule has 2 heteroatoms. The molecule has 2 aromatic rings. The molecule has 0 aliphatic heterocycles. The second-order valence-electron chi connectivity index (χ2n) is 5.80. The van der Waals surface area contributed by atoms with Gasteiger partial charge < -0.3 is 5.11 Å². The van der Waals surface area contributed by atoms with Gasteiger partial charge in [0.15, 0.2) is 5.78 Å². The van der Waals surface area contributed by atoms with Crippen molar-refractivity contribution in [1.29, 1.82) is 0 Å². The standard InChI is InChI=1S/C20H20O2/c1-2-9-17-19(21)14-18(15-10-5-3-6-11-15)20(17,22)16-12-7-4-8-13-16/h3-8,10-14,17,22H,2,9H2,1H3/t17-,20+/m0/s1. The van der Waals surface area contributed by atoms with Gasteiger partial charge in [-0.3, -0.25) is 4.79 Å². The summed E-state index contributed by atoms with van der Waals surface area (Å²) in [5.41, 5.74) is 1.16. The van der Waals surface area contributed by atoms with E-state index >= 15 is 0 Å². The van der Waals surface area contributed by atoms with Crippen LogP contribution >= 0.6 is 0 Å². The number of aliphatic hydroxyl groups is 1. The normalized spacial score (nSPS) is 24.4. The lowest BCUT2D eigenvalue weighted by molar-refractivity contribution is -0.123. The maximum atomic E-state index is 12.5. The summed E-state index contributed by atoms with van der Waals surface area (Å²) in [5.74, 6) is -0.387. The van der Waals surface area contributed by atoms with Crippen LogP contribution in [0.2, 0.25) is 0 Å². The van der Waals surface area contributed by atoms with Crippen molar-refractivity contribution in [3.63, 3.8) is 0 Å². The topological polar surface area (TPSA) is 37.3 Å². The summed E-state index contributed by atoms with van der Waals surface area (Å²) in [4.78, 5) is 12.5. The van der Waals surface area contributed by atoms with E-state index in [0.29, 0.717) is 12.0 Å². The largest absolute Gasteiger partial charge is 0.380 e. The molecular weight excluding hydrogens is 272 g/mol. The summed E-state index contributed by atoms with van der Waals surface area (Å²) in [6.45, 7) is 2.04. The Balaban J connectivity index is 2.16. The van der Waals surface area contributed by atoms with Crippen molar-refractivity contribution in [2.75, 3.05) is 0 Å². The third-order valence-corrected chi connectivity index (χ3v) is 4.42. The van der Waals surface area contributed by atoms with Crippen molar-refractivity contribution in [3.8, 4) is 0 Å². The summed E-state index contributed by atoms with van der Waals surface area (Å²) in [5, 5.41) is 11.5. The zero-order valence-corrected chi connectivity index (χ0v) is 12.7. The van der Waals surface area contributed by atoms with Gasteiger partial charge in [-0.05, 0) is 29.2 Å². The summed E-state index contributed by atoms with van der Waals surface area (Å²) in [6.07, 6.45) is 3.17. The number of carbonyl (C=O) groups is 1. The summed E-state index contributed by atoms with van der Waals surface area (Å²) in [7, 11) is 0. The van der Waals surface area contributed by atoms with E-state index in [2.05, 4.69) is 0 Å². The Hall–Kier alpha value is -2.19. The fourth-order valence-electron chi connectivity index (χ4n) is 3.36. The van der Waals surface area contributed by atoms with E-state index in [0.717, 1.165) is 17.5 Å². The van der Waals surface area contributed by atoms with Crippen LogP contribution in [-0.2, 0) is 10.4 Å². The first-order valence-electron chi connectivity index (χ1n) is 7.77. The SMILES string of the molecule is CCC[C@H]1C(=O)C=C(c2ccccc2)[C@@]1(O)c1ccccc1. The first-order chi connectivity index (χ1) is 10.7. The van der Waals surface area contributed by atoms with E-state index in [1.54, 1.807) is 6.08 Å². The molecule has 2 nitrogen and oxygen atoms in total. The molecule has 0 aromatic heterocycles. The molecule has 0 radical (unpaired) electrons. The number of rotatable bonds is 4. The van der Waals surface area contributed by atoms with Crippen LogP contribution in [0, 0.1) is 5.92 Å². The molecule has 2 aromatic carbocycles. The van der Waals surface area contributed by atoms with E-state index < -0.39 is 11.5 Å². The molecule has 1 N–H and O–H groups in total. The molecule has 1 aliphatic rings. The van der Waals surface area contributed by atoms with Gasteiger partial charge in [-0.1, -0.05) is 74.0 Å². The fourth-order valence-corrected chi connectivity index (χ4v) is 3.36. The van der Waals surface area contributed by atoms with E-state index in [1.807, 2.05) is 67.6 Å². The van der Waals surface area contributed by atoms with E-state index in [-0.39, 0.29) is 5.78 Å². The van der Waals surface area contributed by atoms with Crippen LogP contribution in [0.25, 0.3) is 5.57 Å². The van der Waals surface area contributed by atoms with Crippen molar-refractivity contribution in [1.82, 2.24) is 0 Å². The maximum Gasteiger partial charge on any atom is 0.162 e. The zero-order chi connectivity index (χ0) is 15.6. The monoisotopic (exact) mass is 292 g/mol. The Kier molecular flexibility index (Phi) is 3.95. The van der Waals surface area contributed by atoms with Gasteiger partial charge in [-0.25, -0.2) is 0 Å². The number of hydrogen-bond acceptors (Lipinski definition) is 2. The van der Waals surface area contributed by atoms with Crippen LogP contribution in [0.5, 0.6) is 0 Å². The Labute approximate surface area is 131 Å². The molecule has 22 heavy (non-hydrogen) atoms. The van der Waals surface area contributed by atoms with Crippen LogP contribution < -0.4 is 0 Å². The Morgan fingerprint density at radius 2 is 1.59 bits per heavy atom. The van der Waals surface area contributed by atoms with E-state index in [1.165, 1.54) is 0 Å². The lowest BCUT2D eigenvalue weighted by Crippen LogP contribution is -2.35. The van der Waals surface area contributed by atoms with Crippen molar-refractivity contribution in [2.45, 2.75) is 25.4 Å². The third kappa shape index (κ3) is 2.30. The number of carbonyl (C=O) groups excluding carboxylic acids is 1. The average molecular weight is 292 g/mol. The van der Waals surface area contributed by atoms with Crippen molar-refractivity contribution >= 4 is 11.4 Å². The molecule has 112 valence electrons. The molecule has 1 aliphatic carbocycles. The highest BCUT2D eigenvalue weighted by molar-refractivity contribution is 6.07. The number of benzene rings is 2. The third-order valence-electron chi connectivity index (χ3n) is 4.42. The molecule has 2 atom stereocenters. The molecule has 0 bridgehead atoms. The Morgan fingerprint density at radius 3 is 2.18 bits per heavy atom. The molecule has 0 saturated carbocycles. The average Bonchev–Trinajstić information content (AvgIpc) is 2.83. The first-order valence-corrected chi connectivity index (χ1v) is 7.77. The van der Waals surface area contributed by atoms with Gasteiger partial charge in [-0.2, -0.15) is 0 Å². The predicted octanol–water partition coefficient (Wildman–Crippen LogP) is 3.96. The Bertz CT molecular complexity index is 688. The summed E-state index contributed by atoms with van der Waals surface area (Å²) >= 11 is 0.